The largest absolute Gasteiger partial charge is 0.387 e. The van der Waals surface area contributed by atoms with Crippen molar-refractivity contribution in [2.24, 2.45) is 0 Å². The summed E-state index contributed by atoms with van der Waals surface area (Å²) in [6.45, 7) is 2.33. The monoisotopic (exact) mass is 374 g/mol. The van der Waals surface area contributed by atoms with Gasteiger partial charge in [0.25, 0.3) is 0 Å². The Bertz CT molecular complexity index is 721. The van der Waals surface area contributed by atoms with Crippen molar-refractivity contribution in [3.05, 3.63) is 65.7 Å². The van der Waals surface area contributed by atoms with E-state index < -0.39 is 36.1 Å². The van der Waals surface area contributed by atoms with Crippen molar-refractivity contribution in [3.63, 3.8) is 0 Å². The summed E-state index contributed by atoms with van der Waals surface area (Å²) in [5.74, 6) is 0. The smallest absolute Gasteiger partial charge is 0.184 e. The Kier molecular flexibility index (Phi) is 5.31. The molecule has 2 heterocycles. The number of thioether (sulfide) groups is 1. The molecule has 2 saturated heterocycles. The molecule has 0 saturated carbocycles. The normalized spacial score (nSPS) is 34.3. The van der Waals surface area contributed by atoms with Crippen LogP contribution in [0.4, 0.5) is 0 Å². The van der Waals surface area contributed by atoms with Gasteiger partial charge in [0, 0.05) is 10.5 Å². The number of rotatable bonds is 3. The third-order valence-corrected chi connectivity index (χ3v) is 5.84. The molecule has 4 rings (SSSR count). The van der Waals surface area contributed by atoms with Crippen molar-refractivity contribution in [2.75, 3.05) is 6.61 Å². The molecule has 2 aromatic carbocycles. The van der Waals surface area contributed by atoms with Gasteiger partial charge in [0.05, 0.1) is 6.61 Å². The lowest BCUT2D eigenvalue weighted by Gasteiger charge is -2.46. The second-order valence-electron chi connectivity index (χ2n) is 6.63. The second-order valence-corrected chi connectivity index (χ2v) is 7.80. The highest BCUT2D eigenvalue weighted by Gasteiger charge is 2.49. The number of benzene rings is 2. The number of aryl methyl sites for hydroxylation is 1. The van der Waals surface area contributed by atoms with Crippen LogP contribution in [0.15, 0.2) is 59.5 Å². The van der Waals surface area contributed by atoms with E-state index in [1.807, 2.05) is 61.5 Å². The Balaban J connectivity index is 1.45. The lowest BCUT2D eigenvalue weighted by Crippen LogP contribution is -2.60. The Hall–Kier alpha value is -1.41. The van der Waals surface area contributed by atoms with Crippen LogP contribution >= 0.6 is 11.8 Å². The average molecular weight is 374 g/mol. The first kappa shape index (κ1) is 18.0. The molecule has 2 aromatic rings. The zero-order valence-electron chi connectivity index (χ0n) is 14.4. The van der Waals surface area contributed by atoms with Gasteiger partial charge in [0.2, 0.25) is 0 Å². The van der Waals surface area contributed by atoms with Crippen molar-refractivity contribution >= 4 is 11.8 Å². The van der Waals surface area contributed by atoms with Crippen LogP contribution in [0, 0.1) is 6.92 Å². The maximum atomic E-state index is 10.6. The van der Waals surface area contributed by atoms with Crippen LogP contribution in [-0.2, 0) is 14.2 Å². The quantitative estimate of drug-likeness (QED) is 0.861. The van der Waals surface area contributed by atoms with Crippen LogP contribution in [0.3, 0.4) is 0 Å². The zero-order valence-corrected chi connectivity index (χ0v) is 15.2. The highest BCUT2D eigenvalue weighted by atomic mass is 32.2. The van der Waals surface area contributed by atoms with Gasteiger partial charge in [-0.25, -0.2) is 0 Å². The van der Waals surface area contributed by atoms with Gasteiger partial charge < -0.3 is 24.4 Å². The predicted octanol–water partition coefficient (Wildman–Crippen LogP) is 2.65. The Labute approximate surface area is 156 Å². The van der Waals surface area contributed by atoms with E-state index in [1.54, 1.807) is 0 Å². The standard InChI is InChI=1S/C20H22O5S/c1-12-7-9-14(10-8-12)26-20-17(22)16(21)18-15(24-20)11-23-19(25-18)13-5-3-2-4-6-13/h2-10,15-22H,11H2,1H3/t15-,16-,17-,18-,19+,20+/m1/s1. The summed E-state index contributed by atoms with van der Waals surface area (Å²) in [7, 11) is 0. The fourth-order valence-electron chi connectivity index (χ4n) is 3.21. The van der Waals surface area contributed by atoms with Crippen LogP contribution in [0.2, 0.25) is 0 Å². The van der Waals surface area contributed by atoms with Gasteiger partial charge in [0.15, 0.2) is 6.29 Å². The molecule has 0 aliphatic carbocycles. The summed E-state index contributed by atoms with van der Waals surface area (Å²) in [4.78, 5) is 0.977. The molecule has 6 heteroatoms. The number of ether oxygens (including phenoxy) is 3. The van der Waals surface area contributed by atoms with E-state index in [9.17, 15) is 10.2 Å². The molecule has 6 atom stereocenters. The fraction of sp³-hybridized carbons (Fsp3) is 0.400. The van der Waals surface area contributed by atoms with Crippen molar-refractivity contribution < 1.29 is 24.4 Å². The SMILES string of the molecule is Cc1ccc(S[C@@H]2O[C@@H]3CO[C@H](c4ccccc4)O[C@H]3[C@H](O)[C@H]2O)cc1. The molecule has 2 aliphatic heterocycles. The fourth-order valence-corrected chi connectivity index (χ4v) is 4.27. The van der Waals surface area contributed by atoms with Crippen molar-refractivity contribution in [2.45, 2.75) is 48.0 Å². The van der Waals surface area contributed by atoms with E-state index in [1.165, 1.54) is 17.3 Å². The first-order chi connectivity index (χ1) is 12.6. The van der Waals surface area contributed by atoms with Crippen molar-refractivity contribution in [3.8, 4) is 0 Å². The molecule has 2 aliphatic rings. The molecule has 138 valence electrons. The predicted molar refractivity (Wildman–Crippen MR) is 97.7 cm³/mol. The van der Waals surface area contributed by atoms with E-state index in [0.29, 0.717) is 6.61 Å². The molecule has 26 heavy (non-hydrogen) atoms. The number of aliphatic hydroxyl groups excluding tert-OH is 2. The lowest BCUT2D eigenvalue weighted by molar-refractivity contribution is -0.318. The molecule has 0 radical (unpaired) electrons. The summed E-state index contributed by atoms with van der Waals surface area (Å²) >= 11 is 1.39. The van der Waals surface area contributed by atoms with Gasteiger partial charge in [-0.15, -0.1) is 0 Å². The lowest BCUT2D eigenvalue weighted by atomic mass is 9.99. The summed E-state index contributed by atoms with van der Waals surface area (Å²) in [5, 5.41) is 21.1. The van der Waals surface area contributed by atoms with Gasteiger partial charge >= 0.3 is 0 Å². The zero-order chi connectivity index (χ0) is 18.1. The van der Waals surface area contributed by atoms with E-state index >= 15 is 0 Å². The minimum absolute atomic E-state index is 0.305. The molecule has 5 nitrogen and oxygen atoms in total. The van der Waals surface area contributed by atoms with E-state index in [-0.39, 0.29) is 0 Å². The van der Waals surface area contributed by atoms with E-state index in [2.05, 4.69) is 0 Å². The van der Waals surface area contributed by atoms with Gasteiger partial charge in [0.1, 0.15) is 29.9 Å². The summed E-state index contributed by atoms with van der Waals surface area (Å²) in [6.07, 6.45) is -3.69. The van der Waals surface area contributed by atoms with E-state index in [0.717, 1.165) is 10.5 Å². The molecule has 0 bridgehead atoms. The summed E-state index contributed by atoms with van der Waals surface area (Å²) in [6, 6.07) is 17.5. The van der Waals surface area contributed by atoms with E-state index in [4.69, 9.17) is 14.2 Å². The maximum absolute atomic E-state index is 10.6. The summed E-state index contributed by atoms with van der Waals surface area (Å²) < 4.78 is 17.7. The third-order valence-electron chi connectivity index (χ3n) is 4.68. The molecule has 2 N–H and O–H groups in total. The molecule has 0 unspecified atom stereocenters. The highest BCUT2D eigenvalue weighted by Crippen LogP contribution is 2.38. The maximum Gasteiger partial charge on any atom is 0.184 e. The highest BCUT2D eigenvalue weighted by molar-refractivity contribution is 7.99. The van der Waals surface area contributed by atoms with Crippen molar-refractivity contribution in [1.29, 1.82) is 0 Å². The van der Waals surface area contributed by atoms with Crippen LogP contribution in [0.1, 0.15) is 17.4 Å². The Morgan fingerprint density at radius 1 is 0.923 bits per heavy atom. The van der Waals surface area contributed by atoms with Gasteiger partial charge in [-0.05, 0) is 19.1 Å². The van der Waals surface area contributed by atoms with Crippen LogP contribution < -0.4 is 0 Å². The molecular formula is C20H22O5S. The van der Waals surface area contributed by atoms with Crippen LogP contribution in [-0.4, -0.2) is 46.7 Å². The minimum Gasteiger partial charge on any atom is -0.387 e. The second kappa shape index (κ2) is 7.68. The average Bonchev–Trinajstić information content (AvgIpc) is 2.68. The first-order valence-corrected chi connectivity index (χ1v) is 9.57. The van der Waals surface area contributed by atoms with Gasteiger partial charge in [-0.3, -0.25) is 0 Å². The number of aliphatic hydroxyl groups is 2. The Morgan fingerprint density at radius 2 is 1.65 bits per heavy atom. The molecule has 0 amide bonds. The third kappa shape index (κ3) is 3.67. The van der Waals surface area contributed by atoms with Crippen molar-refractivity contribution in [1.82, 2.24) is 0 Å². The number of hydrogen-bond donors (Lipinski definition) is 2. The number of hydrogen-bond acceptors (Lipinski definition) is 6. The first-order valence-electron chi connectivity index (χ1n) is 8.69. The van der Waals surface area contributed by atoms with Crippen LogP contribution in [0.5, 0.6) is 0 Å². The topological polar surface area (TPSA) is 68.2 Å². The Morgan fingerprint density at radius 3 is 2.38 bits per heavy atom. The number of fused-ring (bicyclic) bond motifs is 1. The van der Waals surface area contributed by atoms with Gasteiger partial charge in [-0.2, -0.15) is 0 Å². The minimum atomic E-state index is -1.04. The van der Waals surface area contributed by atoms with Gasteiger partial charge in [-0.1, -0.05) is 59.8 Å². The summed E-state index contributed by atoms with van der Waals surface area (Å²) in [5.41, 5.74) is 1.47. The molecule has 0 spiro atoms. The molecule has 2 fully saturated rings. The molecule has 0 aromatic heterocycles. The van der Waals surface area contributed by atoms with Crippen LogP contribution in [0.25, 0.3) is 0 Å². The molecular weight excluding hydrogens is 352 g/mol.